The average Bonchev–Trinajstić information content (AvgIpc) is 3.18. The van der Waals surface area contributed by atoms with Gasteiger partial charge in [-0.3, -0.25) is 0 Å². The van der Waals surface area contributed by atoms with Gasteiger partial charge in [0.05, 0.1) is 0 Å². The highest BCUT2D eigenvalue weighted by atomic mass is 16.5. The predicted octanol–water partition coefficient (Wildman–Crippen LogP) is 3.95. The van der Waals surface area contributed by atoms with E-state index >= 15 is 0 Å². The van der Waals surface area contributed by atoms with Crippen molar-refractivity contribution in [2.45, 2.75) is 19.3 Å². The Balaban J connectivity index is 1.47. The lowest BCUT2D eigenvalue weighted by Gasteiger charge is -2.28. The van der Waals surface area contributed by atoms with Crippen LogP contribution in [0.2, 0.25) is 0 Å². The Morgan fingerprint density at radius 3 is 2.22 bits per heavy atom. The van der Waals surface area contributed by atoms with E-state index in [1.54, 1.807) is 12.1 Å². The second-order valence-electron chi connectivity index (χ2n) is 6.52. The van der Waals surface area contributed by atoms with Crippen LogP contribution in [0.1, 0.15) is 29.8 Å². The summed E-state index contributed by atoms with van der Waals surface area (Å²) >= 11 is 0. The molecule has 138 valence electrons. The van der Waals surface area contributed by atoms with Gasteiger partial charge in [-0.1, -0.05) is 34.6 Å². The Kier molecular flexibility index (Phi) is 4.74. The SMILES string of the molecule is O=C(O)c1[nH]nnc1Oc1ccc(-c2ccc(N3CCCCC3)cc2)cc1. The van der Waals surface area contributed by atoms with Crippen molar-refractivity contribution >= 4 is 11.7 Å². The second-order valence-corrected chi connectivity index (χ2v) is 6.52. The first-order chi connectivity index (χ1) is 13.2. The van der Waals surface area contributed by atoms with E-state index in [1.807, 2.05) is 12.1 Å². The molecule has 0 saturated carbocycles. The number of carbonyl (C=O) groups is 1. The number of carboxylic acids is 1. The van der Waals surface area contributed by atoms with E-state index in [0.717, 1.165) is 24.2 Å². The van der Waals surface area contributed by atoms with E-state index in [2.05, 4.69) is 44.6 Å². The summed E-state index contributed by atoms with van der Waals surface area (Å²) in [7, 11) is 0. The van der Waals surface area contributed by atoms with Crippen LogP contribution in [0, 0.1) is 0 Å². The number of aromatic nitrogens is 3. The summed E-state index contributed by atoms with van der Waals surface area (Å²) in [4.78, 5) is 13.5. The lowest BCUT2D eigenvalue weighted by molar-refractivity contribution is 0.0687. The Morgan fingerprint density at radius 2 is 1.59 bits per heavy atom. The average molecular weight is 364 g/mol. The van der Waals surface area contributed by atoms with E-state index < -0.39 is 5.97 Å². The number of aromatic amines is 1. The predicted molar refractivity (Wildman–Crippen MR) is 101 cm³/mol. The van der Waals surface area contributed by atoms with Crippen molar-refractivity contribution in [1.82, 2.24) is 15.4 Å². The van der Waals surface area contributed by atoms with Crippen molar-refractivity contribution in [3.63, 3.8) is 0 Å². The Bertz CT molecular complexity index is 913. The fourth-order valence-electron chi connectivity index (χ4n) is 3.27. The molecule has 0 amide bonds. The number of nitrogens with one attached hydrogen (secondary N) is 1. The minimum atomic E-state index is -1.17. The number of aromatic carboxylic acids is 1. The van der Waals surface area contributed by atoms with Crippen LogP contribution >= 0.6 is 0 Å². The smallest absolute Gasteiger partial charge is 0.359 e. The standard InChI is InChI=1S/C20H20N4O3/c25-20(26)18-19(22-23-21-18)27-17-10-6-15(7-11-17)14-4-8-16(9-5-14)24-12-2-1-3-13-24/h4-11H,1-3,12-13H2,(H,25,26)(H,21,22,23). The van der Waals surface area contributed by atoms with Gasteiger partial charge in [-0.2, -0.15) is 0 Å². The van der Waals surface area contributed by atoms with Crippen LogP contribution in [-0.2, 0) is 0 Å². The van der Waals surface area contributed by atoms with Gasteiger partial charge in [0.2, 0.25) is 5.69 Å². The molecule has 0 unspecified atom stereocenters. The third-order valence-electron chi connectivity index (χ3n) is 4.72. The molecule has 2 heterocycles. The van der Waals surface area contributed by atoms with Gasteiger partial charge >= 0.3 is 5.97 Å². The highest BCUT2D eigenvalue weighted by Gasteiger charge is 2.16. The molecule has 0 aliphatic carbocycles. The van der Waals surface area contributed by atoms with Gasteiger partial charge in [0.25, 0.3) is 5.88 Å². The maximum absolute atomic E-state index is 11.1. The van der Waals surface area contributed by atoms with Gasteiger partial charge in [-0.25, -0.2) is 9.89 Å². The Hall–Kier alpha value is -3.35. The van der Waals surface area contributed by atoms with Crippen LogP contribution in [-0.4, -0.2) is 39.6 Å². The molecule has 1 aliphatic rings. The molecule has 1 aliphatic heterocycles. The number of nitrogens with zero attached hydrogens (tertiary/aromatic N) is 3. The highest BCUT2D eigenvalue weighted by molar-refractivity contribution is 5.87. The van der Waals surface area contributed by atoms with Gasteiger partial charge in [0, 0.05) is 18.8 Å². The normalized spacial score (nSPS) is 14.1. The molecule has 1 saturated heterocycles. The summed E-state index contributed by atoms with van der Waals surface area (Å²) in [5.41, 5.74) is 3.28. The first-order valence-corrected chi connectivity index (χ1v) is 8.98. The number of hydrogen-bond acceptors (Lipinski definition) is 5. The monoisotopic (exact) mass is 364 g/mol. The molecule has 0 radical (unpaired) electrons. The van der Waals surface area contributed by atoms with Crippen molar-refractivity contribution in [3.05, 3.63) is 54.2 Å². The summed E-state index contributed by atoms with van der Waals surface area (Å²) in [5.74, 6) is -0.721. The quantitative estimate of drug-likeness (QED) is 0.712. The Labute approximate surface area is 156 Å². The number of ether oxygens (including phenoxy) is 1. The van der Waals surface area contributed by atoms with Crippen LogP contribution in [0.5, 0.6) is 11.6 Å². The molecule has 2 N–H and O–H groups in total. The molecule has 1 aromatic heterocycles. The van der Waals surface area contributed by atoms with E-state index in [0.29, 0.717) is 5.75 Å². The molecule has 3 aromatic rings. The summed E-state index contributed by atoms with van der Waals surface area (Å²) < 4.78 is 5.51. The van der Waals surface area contributed by atoms with Gasteiger partial charge in [0.15, 0.2) is 0 Å². The number of H-pyrrole nitrogens is 1. The van der Waals surface area contributed by atoms with Gasteiger partial charge in [-0.15, -0.1) is 0 Å². The van der Waals surface area contributed by atoms with Gasteiger partial charge in [0.1, 0.15) is 5.75 Å². The Morgan fingerprint density at radius 1 is 0.963 bits per heavy atom. The highest BCUT2D eigenvalue weighted by Crippen LogP contribution is 2.28. The van der Waals surface area contributed by atoms with Gasteiger partial charge < -0.3 is 14.7 Å². The number of hydrogen-bond donors (Lipinski definition) is 2. The van der Waals surface area contributed by atoms with Crippen LogP contribution in [0.25, 0.3) is 11.1 Å². The topological polar surface area (TPSA) is 91.3 Å². The summed E-state index contributed by atoms with van der Waals surface area (Å²) in [5, 5.41) is 18.5. The van der Waals surface area contributed by atoms with Crippen LogP contribution in [0.15, 0.2) is 48.5 Å². The molecule has 0 atom stereocenters. The largest absolute Gasteiger partial charge is 0.476 e. The third-order valence-corrected chi connectivity index (χ3v) is 4.72. The van der Waals surface area contributed by atoms with E-state index in [-0.39, 0.29) is 11.6 Å². The zero-order chi connectivity index (χ0) is 18.6. The van der Waals surface area contributed by atoms with Crippen molar-refractivity contribution in [3.8, 4) is 22.8 Å². The van der Waals surface area contributed by atoms with Crippen LogP contribution in [0.4, 0.5) is 5.69 Å². The molecule has 0 bridgehead atoms. The number of piperidine rings is 1. The number of rotatable bonds is 5. The number of carboxylic acid groups (broad SMARTS) is 1. The lowest BCUT2D eigenvalue weighted by Crippen LogP contribution is -2.29. The van der Waals surface area contributed by atoms with Crippen molar-refractivity contribution in [2.75, 3.05) is 18.0 Å². The molecule has 0 spiro atoms. The molecule has 27 heavy (non-hydrogen) atoms. The maximum Gasteiger partial charge on any atom is 0.359 e. The van der Waals surface area contributed by atoms with Crippen LogP contribution < -0.4 is 9.64 Å². The van der Waals surface area contributed by atoms with Crippen molar-refractivity contribution in [2.24, 2.45) is 0 Å². The fourth-order valence-corrected chi connectivity index (χ4v) is 3.27. The second kappa shape index (κ2) is 7.49. The van der Waals surface area contributed by atoms with Gasteiger partial charge in [-0.05, 0) is 54.7 Å². The minimum absolute atomic E-state index is 0.0545. The van der Waals surface area contributed by atoms with E-state index in [9.17, 15) is 4.79 Å². The van der Waals surface area contributed by atoms with E-state index in [1.165, 1.54) is 24.9 Å². The van der Waals surface area contributed by atoms with Crippen molar-refractivity contribution < 1.29 is 14.6 Å². The van der Waals surface area contributed by atoms with Crippen molar-refractivity contribution in [1.29, 1.82) is 0 Å². The molecule has 7 nitrogen and oxygen atoms in total. The zero-order valence-electron chi connectivity index (χ0n) is 14.8. The molecular formula is C20H20N4O3. The summed E-state index contributed by atoms with van der Waals surface area (Å²) in [6.45, 7) is 2.26. The molecule has 2 aromatic carbocycles. The zero-order valence-corrected chi connectivity index (χ0v) is 14.8. The van der Waals surface area contributed by atoms with E-state index in [4.69, 9.17) is 9.84 Å². The first kappa shape index (κ1) is 17.1. The molecular weight excluding hydrogens is 344 g/mol. The first-order valence-electron chi connectivity index (χ1n) is 8.98. The fraction of sp³-hybridized carbons (Fsp3) is 0.250. The molecule has 4 rings (SSSR count). The third kappa shape index (κ3) is 3.76. The van der Waals surface area contributed by atoms with Crippen LogP contribution in [0.3, 0.4) is 0 Å². The summed E-state index contributed by atoms with van der Waals surface area (Å²) in [6.07, 6.45) is 3.85. The lowest BCUT2D eigenvalue weighted by atomic mass is 10.0. The molecule has 1 fully saturated rings. The number of benzene rings is 2. The number of anilines is 1. The maximum atomic E-state index is 11.1. The summed E-state index contributed by atoms with van der Waals surface area (Å²) in [6, 6.07) is 16.0. The molecule has 7 heteroatoms. The minimum Gasteiger partial charge on any atom is -0.476 e.